The lowest BCUT2D eigenvalue weighted by atomic mass is 10.2. The van der Waals surface area contributed by atoms with Gasteiger partial charge in [-0.2, -0.15) is 0 Å². The molecule has 76 valence electrons. The number of anilines is 1. The van der Waals surface area contributed by atoms with Crippen LogP contribution in [0.5, 0.6) is 5.75 Å². The van der Waals surface area contributed by atoms with E-state index in [1.807, 2.05) is 24.3 Å². The van der Waals surface area contributed by atoms with Crippen LogP contribution in [0.25, 0.3) is 0 Å². The Balaban J connectivity index is 2.46. The largest absolute Gasteiger partial charge is 0.453 e. The van der Waals surface area contributed by atoms with Crippen LogP contribution in [0.1, 0.15) is 0 Å². The normalized spacial score (nSPS) is 13.7. The zero-order valence-electron chi connectivity index (χ0n) is 8.09. The Bertz CT molecular complexity index is 462. The van der Waals surface area contributed by atoms with E-state index >= 15 is 0 Å². The van der Waals surface area contributed by atoms with Crippen LogP contribution in [-0.4, -0.2) is 0 Å². The molecule has 0 saturated carbocycles. The minimum atomic E-state index is 0.676. The van der Waals surface area contributed by atoms with Crippen molar-refractivity contribution < 1.29 is 4.74 Å². The summed E-state index contributed by atoms with van der Waals surface area (Å²) in [6, 6.07) is 7.72. The molecule has 0 fully saturated rings. The summed E-state index contributed by atoms with van der Waals surface area (Å²) in [5, 5.41) is 3.23. The van der Waals surface area contributed by atoms with Gasteiger partial charge in [0, 0.05) is 4.48 Å². The number of halogens is 1. The molecule has 0 aromatic heterocycles. The summed E-state index contributed by atoms with van der Waals surface area (Å²) in [7, 11) is 0. The van der Waals surface area contributed by atoms with E-state index in [0.717, 1.165) is 21.6 Å². The van der Waals surface area contributed by atoms with E-state index in [-0.39, 0.29) is 0 Å². The highest BCUT2D eigenvalue weighted by molar-refractivity contribution is 9.11. The molecular weight excluding hydrogens is 254 g/mol. The second kappa shape index (κ2) is 3.95. The van der Waals surface area contributed by atoms with Gasteiger partial charge in [0.05, 0.1) is 11.4 Å². The molecule has 0 radical (unpaired) electrons. The maximum absolute atomic E-state index is 5.66. The first-order valence-electron chi connectivity index (χ1n) is 4.48. The second-order valence-electron chi connectivity index (χ2n) is 3.07. The van der Waals surface area contributed by atoms with Crippen molar-refractivity contribution in [2.24, 2.45) is 0 Å². The van der Waals surface area contributed by atoms with Gasteiger partial charge in [-0.1, -0.05) is 25.3 Å². The average Bonchev–Trinajstić information content (AvgIpc) is 2.27. The molecule has 2 nitrogen and oxygen atoms in total. The number of rotatable bonds is 2. The predicted molar refractivity (Wildman–Crippen MR) is 66.0 cm³/mol. The van der Waals surface area contributed by atoms with Crippen molar-refractivity contribution in [3.63, 3.8) is 0 Å². The van der Waals surface area contributed by atoms with Crippen molar-refractivity contribution >= 4 is 21.6 Å². The molecule has 15 heavy (non-hydrogen) atoms. The van der Waals surface area contributed by atoms with E-state index in [0.29, 0.717) is 5.76 Å². The first kappa shape index (κ1) is 10.1. The molecule has 1 N–H and O–H groups in total. The first-order chi connectivity index (χ1) is 7.22. The van der Waals surface area contributed by atoms with Gasteiger partial charge in [0.2, 0.25) is 0 Å². The highest BCUT2D eigenvalue weighted by Gasteiger charge is 2.17. The van der Waals surface area contributed by atoms with Gasteiger partial charge in [0.1, 0.15) is 0 Å². The molecule has 2 rings (SSSR count). The molecule has 3 heteroatoms. The van der Waals surface area contributed by atoms with Gasteiger partial charge < -0.3 is 10.1 Å². The summed E-state index contributed by atoms with van der Waals surface area (Å²) < 4.78 is 6.41. The number of allylic oxidation sites excluding steroid dienone is 2. The quantitative estimate of drug-likeness (QED) is 0.877. The van der Waals surface area contributed by atoms with Crippen molar-refractivity contribution in [1.82, 2.24) is 0 Å². The summed E-state index contributed by atoms with van der Waals surface area (Å²) in [5.74, 6) is 1.47. The Hall–Kier alpha value is -1.48. The fourth-order valence-corrected chi connectivity index (χ4v) is 1.66. The van der Waals surface area contributed by atoms with E-state index in [9.17, 15) is 0 Å². The van der Waals surface area contributed by atoms with Gasteiger partial charge in [-0.3, -0.25) is 0 Å². The Labute approximate surface area is 97.1 Å². The van der Waals surface area contributed by atoms with Crippen molar-refractivity contribution in [3.8, 4) is 5.75 Å². The highest BCUT2D eigenvalue weighted by atomic mass is 79.9. The highest BCUT2D eigenvalue weighted by Crippen LogP contribution is 2.35. The zero-order valence-corrected chi connectivity index (χ0v) is 9.67. The number of para-hydroxylation sites is 2. The van der Waals surface area contributed by atoms with Gasteiger partial charge in [0.15, 0.2) is 11.5 Å². The summed E-state index contributed by atoms with van der Waals surface area (Å²) in [6.45, 7) is 7.52. The fourth-order valence-electron chi connectivity index (χ4n) is 1.37. The zero-order chi connectivity index (χ0) is 10.8. The lowest BCUT2D eigenvalue weighted by Gasteiger charge is -2.22. The van der Waals surface area contributed by atoms with Crippen molar-refractivity contribution in [2.75, 3.05) is 5.32 Å². The molecule has 0 atom stereocenters. The van der Waals surface area contributed by atoms with Crippen LogP contribution in [0.15, 0.2) is 59.4 Å². The molecular formula is C12H10BrNO. The molecule has 1 aromatic carbocycles. The molecule has 0 aliphatic carbocycles. The van der Waals surface area contributed by atoms with E-state index in [4.69, 9.17) is 4.74 Å². The number of nitrogens with one attached hydrogen (secondary N) is 1. The SMILES string of the molecule is C=CC1=C(C(=C)Br)Nc2ccccc2O1. The number of benzene rings is 1. The Morgan fingerprint density at radius 3 is 2.80 bits per heavy atom. The van der Waals surface area contributed by atoms with E-state index < -0.39 is 0 Å². The van der Waals surface area contributed by atoms with Crippen molar-refractivity contribution in [2.45, 2.75) is 0 Å². The summed E-state index contributed by atoms with van der Waals surface area (Å²) in [6.07, 6.45) is 1.66. The number of ether oxygens (including phenoxy) is 1. The molecule has 0 saturated heterocycles. The van der Waals surface area contributed by atoms with Crippen LogP contribution in [0, 0.1) is 0 Å². The van der Waals surface area contributed by atoms with Gasteiger partial charge in [0.25, 0.3) is 0 Å². The topological polar surface area (TPSA) is 21.3 Å². The Morgan fingerprint density at radius 1 is 1.40 bits per heavy atom. The van der Waals surface area contributed by atoms with Gasteiger partial charge >= 0.3 is 0 Å². The van der Waals surface area contributed by atoms with Crippen molar-refractivity contribution in [1.29, 1.82) is 0 Å². The van der Waals surface area contributed by atoms with E-state index in [2.05, 4.69) is 34.4 Å². The fraction of sp³-hybridized carbons (Fsp3) is 0. The molecule has 0 unspecified atom stereocenters. The lowest BCUT2D eigenvalue weighted by Crippen LogP contribution is -2.13. The number of hydrogen-bond acceptors (Lipinski definition) is 2. The van der Waals surface area contributed by atoms with Crippen LogP contribution in [0.2, 0.25) is 0 Å². The molecule has 1 aliphatic heterocycles. The van der Waals surface area contributed by atoms with Crippen molar-refractivity contribution in [3.05, 3.63) is 59.4 Å². The summed E-state index contributed by atoms with van der Waals surface area (Å²) in [5.41, 5.74) is 1.74. The minimum absolute atomic E-state index is 0.676. The Morgan fingerprint density at radius 2 is 2.13 bits per heavy atom. The average molecular weight is 264 g/mol. The molecule has 1 aliphatic rings. The Kier molecular flexibility index (Phi) is 2.64. The predicted octanol–water partition coefficient (Wildman–Crippen LogP) is 3.80. The van der Waals surface area contributed by atoms with Crippen LogP contribution in [-0.2, 0) is 0 Å². The smallest absolute Gasteiger partial charge is 0.151 e. The van der Waals surface area contributed by atoms with Gasteiger partial charge in [-0.25, -0.2) is 0 Å². The first-order valence-corrected chi connectivity index (χ1v) is 5.27. The second-order valence-corrected chi connectivity index (χ2v) is 4.03. The van der Waals surface area contributed by atoms with Crippen LogP contribution < -0.4 is 10.1 Å². The molecule has 1 aromatic rings. The number of fused-ring (bicyclic) bond motifs is 1. The summed E-state index contributed by atoms with van der Waals surface area (Å²) in [4.78, 5) is 0. The minimum Gasteiger partial charge on any atom is -0.453 e. The van der Waals surface area contributed by atoms with Gasteiger partial charge in [-0.15, -0.1) is 0 Å². The molecule has 0 spiro atoms. The molecule has 1 heterocycles. The lowest BCUT2D eigenvalue weighted by molar-refractivity contribution is 0.436. The number of hydrogen-bond donors (Lipinski definition) is 1. The third kappa shape index (κ3) is 1.83. The summed E-state index contributed by atoms with van der Waals surface area (Å²) >= 11 is 3.33. The van der Waals surface area contributed by atoms with E-state index in [1.54, 1.807) is 6.08 Å². The molecule has 0 amide bonds. The van der Waals surface area contributed by atoms with Crippen LogP contribution >= 0.6 is 15.9 Å². The monoisotopic (exact) mass is 263 g/mol. The third-order valence-electron chi connectivity index (χ3n) is 2.07. The van der Waals surface area contributed by atoms with E-state index in [1.165, 1.54) is 0 Å². The van der Waals surface area contributed by atoms with Crippen LogP contribution in [0.3, 0.4) is 0 Å². The molecule has 0 bridgehead atoms. The maximum atomic E-state index is 5.66. The van der Waals surface area contributed by atoms with Gasteiger partial charge in [-0.05, 0) is 34.1 Å². The van der Waals surface area contributed by atoms with Crippen LogP contribution in [0.4, 0.5) is 5.69 Å². The third-order valence-corrected chi connectivity index (χ3v) is 2.47. The standard InChI is InChI=1S/C12H10BrNO/c1-3-10-12(8(2)13)14-9-6-4-5-7-11(9)15-10/h3-7,14H,1-2H2. The maximum Gasteiger partial charge on any atom is 0.151 e.